The lowest BCUT2D eigenvalue weighted by atomic mass is 10.5. The number of hydrogen-bond acceptors (Lipinski definition) is 5. The van der Waals surface area contributed by atoms with Crippen molar-refractivity contribution in [2.45, 2.75) is 20.0 Å². The van der Waals surface area contributed by atoms with Crippen molar-refractivity contribution in [3.05, 3.63) is 14.4 Å². The molecule has 0 aliphatic heterocycles. The van der Waals surface area contributed by atoms with E-state index in [4.69, 9.17) is 17.0 Å². The monoisotopic (exact) mass is 204 g/mol. The fraction of sp³-hybridized carbons (Fsp3) is 0.500. The summed E-state index contributed by atoms with van der Waals surface area (Å²) in [7, 11) is 0. The first kappa shape index (κ1) is 9.34. The van der Waals surface area contributed by atoms with Crippen LogP contribution in [-0.2, 0) is 0 Å². The molecule has 6 heteroatoms. The minimum atomic E-state index is -0.464. The summed E-state index contributed by atoms with van der Waals surface area (Å²) in [4.78, 5) is 16.7. The van der Waals surface area contributed by atoms with Crippen molar-refractivity contribution < 1.29 is 4.74 Å². The van der Waals surface area contributed by atoms with Gasteiger partial charge in [-0.3, -0.25) is 4.98 Å². The Kier molecular flexibility index (Phi) is 2.93. The lowest BCUT2D eigenvalue weighted by molar-refractivity contribution is 0.240. The standard InChI is InChI=1S/C6H8N2O2S2/c1-3(2)10-5-7-4(9)8-6(11)12-5/h3H,1-2H3,(H,8,9,11). The molecular formula is C6H8N2O2S2. The van der Waals surface area contributed by atoms with Crippen LogP contribution in [0.4, 0.5) is 0 Å². The van der Waals surface area contributed by atoms with Crippen molar-refractivity contribution in [1.29, 1.82) is 0 Å². The average molecular weight is 204 g/mol. The molecule has 1 aromatic rings. The summed E-state index contributed by atoms with van der Waals surface area (Å²) in [6.45, 7) is 3.72. The smallest absolute Gasteiger partial charge is 0.350 e. The number of nitrogens with zero attached hydrogens (tertiary/aromatic N) is 1. The molecule has 66 valence electrons. The highest BCUT2D eigenvalue weighted by molar-refractivity contribution is 7.73. The van der Waals surface area contributed by atoms with Crippen molar-refractivity contribution in [2.75, 3.05) is 0 Å². The SMILES string of the molecule is CC(C)Oc1nc(=O)[nH]c(=S)s1. The van der Waals surface area contributed by atoms with Crippen LogP contribution in [0.15, 0.2) is 4.79 Å². The molecule has 4 nitrogen and oxygen atoms in total. The molecule has 0 unspecified atom stereocenters. The maximum absolute atomic E-state index is 10.8. The van der Waals surface area contributed by atoms with Gasteiger partial charge >= 0.3 is 5.69 Å². The van der Waals surface area contributed by atoms with E-state index in [0.29, 0.717) is 9.15 Å². The second kappa shape index (κ2) is 3.77. The summed E-state index contributed by atoms with van der Waals surface area (Å²) < 4.78 is 5.58. The Bertz CT molecular complexity index is 340. The van der Waals surface area contributed by atoms with Crippen molar-refractivity contribution >= 4 is 23.6 Å². The van der Waals surface area contributed by atoms with E-state index >= 15 is 0 Å². The molecule has 0 aromatic carbocycles. The van der Waals surface area contributed by atoms with Gasteiger partial charge in [-0.1, -0.05) is 0 Å². The summed E-state index contributed by atoms with van der Waals surface area (Å²) in [6, 6.07) is 0. The maximum Gasteiger partial charge on any atom is 0.350 e. The van der Waals surface area contributed by atoms with Gasteiger partial charge in [0.25, 0.3) is 5.19 Å². The predicted molar refractivity (Wildman–Crippen MR) is 49.3 cm³/mol. The molecule has 0 saturated carbocycles. The lowest BCUT2D eigenvalue weighted by Gasteiger charge is -2.05. The number of rotatable bonds is 2. The zero-order valence-corrected chi connectivity index (χ0v) is 8.29. The number of nitrogens with one attached hydrogen (secondary N) is 1. The van der Waals surface area contributed by atoms with Gasteiger partial charge in [-0.2, -0.15) is 0 Å². The van der Waals surface area contributed by atoms with Crippen LogP contribution in [0, 0.1) is 3.95 Å². The van der Waals surface area contributed by atoms with Crippen LogP contribution in [-0.4, -0.2) is 16.1 Å². The van der Waals surface area contributed by atoms with Crippen LogP contribution in [0.25, 0.3) is 0 Å². The van der Waals surface area contributed by atoms with Crippen LogP contribution in [0.3, 0.4) is 0 Å². The molecule has 1 rings (SSSR count). The Hall–Kier alpha value is -0.750. The van der Waals surface area contributed by atoms with Crippen molar-refractivity contribution in [2.24, 2.45) is 0 Å². The zero-order chi connectivity index (χ0) is 9.14. The van der Waals surface area contributed by atoms with Crippen molar-refractivity contribution in [3.8, 4) is 5.19 Å². The van der Waals surface area contributed by atoms with Gasteiger partial charge in [-0.05, 0) is 37.4 Å². The second-order valence-corrected chi connectivity index (χ2v) is 3.99. The summed E-state index contributed by atoms with van der Waals surface area (Å²) in [5, 5.41) is 0.318. The zero-order valence-electron chi connectivity index (χ0n) is 6.66. The second-order valence-electron chi connectivity index (χ2n) is 2.36. The van der Waals surface area contributed by atoms with Gasteiger partial charge in [0.15, 0.2) is 3.95 Å². The predicted octanol–water partition coefficient (Wildman–Crippen LogP) is 1.35. The van der Waals surface area contributed by atoms with Gasteiger partial charge in [0.2, 0.25) is 0 Å². The van der Waals surface area contributed by atoms with Gasteiger partial charge in [-0.15, -0.1) is 4.98 Å². The summed E-state index contributed by atoms with van der Waals surface area (Å²) in [5.41, 5.74) is -0.464. The van der Waals surface area contributed by atoms with Crippen molar-refractivity contribution in [1.82, 2.24) is 9.97 Å². The maximum atomic E-state index is 10.8. The van der Waals surface area contributed by atoms with Gasteiger partial charge in [0.1, 0.15) is 0 Å². The fourth-order valence-corrected chi connectivity index (χ4v) is 1.55. The molecule has 1 N–H and O–H groups in total. The van der Waals surface area contributed by atoms with E-state index in [-0.39, 0.29) is 6.10 Å². The lowest BCUT2D eigenvalue weighted by Crippen LogP contribution is -2.13. The highest BCUT2D eigenvalue weighted by Gasteiger charge is 2.00. The molecule has 0 aliphatic carbocycles. The number of H-pyrrole nitrogens is 1. The Labute approximate surface area is 78.3 Å². The van der Waals surface area contributed by atoms with Gasteiger partial charge in [-0.25, -0.2) is 4.79 Å². The van der Waals surface area contributed by atoms with E-state index in [1.807, 2.05) is 13.8 Å². The van der Waals surface area contributed by atoms with Crippen LogP contribution >= 0.6 is 23.6 Å². The van der Waals surface area contributed by atoms with E-state index in [0.717, 1.165) is 11.3 Å². The first-order valence-electron chi connectivity index (χ1n) is 3.36. The quantitative estimate of drug-likeness (QED) is 0.739. The summed E-state index contributed by atoms with van der Waals surface area (Å²) in [5.74, 6) is 0. The fourth-order valence-electron chi connectivity index (χ4n) is 0.578. The molecule has 0 aliphatic rings. The van der Waals surface area contributed by atoms with Gasteiger partial charge in [0, 0.05) is 0 Å². The van der Waals surface area contributed by atoms with E-state index in [2.05, 4.69) is 9.97 Å². The Morgan fingerprint density at radius 2 is 2.33 bits per heavy atom. The molecule has 0 atom stereocenters. The largest absolute Gasteiger partial charge is 0.467 e. The van der Waals surface area contributed by atoms with E-state index in [1.165, 1.54) is 0 Å². The van der Waals surface area contributed by atoms with Gasteiger partial charge in [0.05, 0.1) is 6.10 Å². The summed E-state index contributed by atoms with van der Waals surface area (Å²) in [6.07, 6.45) is 0.00458. The highest BCUT2D eigenvalue weighted by Crippen LogP contribution is 2.12. The van der Waals surface area contributed by atoms with Gasteiger partial charge < -0.3 is 4.74 Å². The van der Waals surface area contributed by atoms with Crippen LogP contribution in [0.1, 0.15) is 13.8 Å². The number of aromatic amines is 1. The van der Waals surface area contributed by atoms with E-state index in [9.17, 15) is 4.79 Å². The summed E-state index contributed by atoms with van der Waals surface area (Å²) >= 11 is 5.93. The molecule has 0 radical (unpaired) electrons. The molecule has 0 spiro atoms. The third-order valence-corrected chi connectivity index (χ3v) is 1.92. The Morgan fingerprint density at radius 1 is 1.67 bits per heavy atom. The first-order chi connectivity index (χ1) is 5.58. The Morgan fingerprint density at radius 3 is 2.83 bits per heavy atom. The minimum Gasteiger partial charge on any atom is -0.467 e. The van der Waals surface area contributed by atoms with Crippen LogP contribution in [0.2, 0.25) is 0 Å². The number of hydrogen-bond donors (Lipinski definition) is 1. The average Bonchev–Trinajstić information content (AvgIpc) is 1.81. The third-order valence-electron chi connectivity index (χ3n) is 0.918. The number of ether oxygens (including phenoxy) is 1. The van der Waals surface area contributed by atoms with Crippen LogP contribution < -0.4 is 10.4 Å². The topological polar surface area (TPSA) is 55.0 Å². The third kappa shape index (κ3) is 2.71. The molecule has 12 heavy (non-hydrogen) atoms. The first-order valence-corrected chi connectivity index (χ1v) is 4.58. The molecule has 0 saturated heterocycles. The molecular weight excluding hydrogens is 196 g/mol. The molecule has 0 amide bonds. The van der Waals surface area contributed by atoms with E-state index < -0.39 is 5.69 Å². The minimum absolute atomic E-state index is 0.00458. The van der Waals surface area contributed by atoms with Crippen LogP contribution in [0.5, 0.6) is 5.19 Å². The molecule has 0 bridgehead atoms. The van der Waals surface area contributed by atoms with E-state index in [1.54, 1.807) is 0 Å². The molecule has 0 fully saturated rings. The normalized spacial score (nSPS) is 10.2. The molecule has 1 aromatic heterocycles. The number of aromatic nitrogens is 2. The van der Waals surface area contributed by atoms with Crippen molar-refractivity contribution in [3.63, 3.8) is 0 Å². The molecule has 1 heterocycles. The highest BCUT2D eigenvalue weighted by atomic mass is 32.1. The Balaban J connectivity index is 3.01.